The Morgan fingerprint density at radius 1 is 1.22 bits per heavy atom. The molecular weight excluding hydrogens is 485 g/mol. The summed E-state index contributed by atoms with van der Waals surface area (Å²) >= 11 is 12.5. The summed E-state index contributed by atoms with van der Waals surface area (Å²) < 4.78 is 31.2. The molecule has 0 unspecified atom stereocenters. The van der Waals surface area contributed by atoms with Crippen LogP contribution in [0, 0.1) is 11.3 Å². The number of rotatable bonds is 5. The SMILES string of the molecule is N#Cc1nn(-c2cc(Cl)c(Oc3cc(S(=O)(=O)C4CC4)c(O)cn3)c(Cl)c2)c(=O)[nH]c1=O. The molecule has 2 heterocycles. The van der Waals surface area contributed by atoms with Gasteiger partial charge in [-0.25, -0.2) is 18.2 Å². The first kappa shape index (κ1) is 21.8. The molecule has 1 fully saturated rings. The van der Waals surface area contributed by atoms with Crippen molar-refractivity contribution in [1.29, 1.82) is 5.26 Å². The Balaban J connectivity index is 1.73. The number of aromatic nitrogens is 4. The van der Waals surface area contributed by atoms with E-state index < -0.39 is 37.8 Å². The predicted octanol–water partition coefficient (Wildman–Crippen LogP) is 1.93. The van der Waals surface area contributed by atoms with Crippen molar-refractivity contribution < 1.29 is 18.3 Å². The molecule has 4 rings (SSSR count). The Labute approximate surface area is 189 Å². The first-order valence-electron chi connectivity index (χ1n) is 8.85. The minimum absolute atomic E-state index is 0.0285. The maximum Gasteiger partial charge on any atom is 0.349 e. The number of sulfone groups is 1. The molecule has 0 amide bonds. The van der Waals surface area contributed by atoms with Crippen LogP contribution in [-0.4, -0.2) is 38.5 Å². The lowest BCUT2D eigenvalue weighted by Gasteiger charge is -2.13. The van der Waals surface area contributed by atoms with Gasteiger partial charge in [-0.1, -0.05) is 23.2 Å². The Morgan fingerprint density at radius 2 is 1.88 bits per heavy atom. The van der Waals surface area contributed by atoms with Gasteiger partial charge in [-0.2, -0.15) is 9.94 Å². The van der Waals surface area contributed by atoms with E-state index in [1.807, 2.05) is 4.98 Å². The van der Waals surface area contributed by atoms with E-state index in [1.165, 1.54) is 12.1 Å². The number of aromatic hydroxyl groups is 1. The second-order valence-corrected chi connectivity index (χ2v) is 9.72. The molecule has 0 spiro atoms. The van der Waals surface area contributed by atoms with E-state index in [1.54, 1.807) is 6.07 Å². The Morgan fingerprint density at radius 3 is 2.47 bits per heavy atom. The van der Waals surface area contributed by atoms with Crippen LogP contribution < -0.4 is 16.0 Å². The normalized spacial score (nSPS) is 13.5. The molecule has 0 bridgehead atoms. The molecule has 0 atom stereocenters. The first-order valence-corrected chi connectivity index (χ1v) is 11.2. The highest BCUT2D eigenvalue weighted by molar-refractivity contribution is 7.92. The van der Waals surface area contributed by atoms with Crippen molar-refractivity contribution in [2.24, 2.45) is 0 Å². The summed E-state index contributed by atoms with van der Waals surface area (Å²) in [5, 5.41) is 21.8. The van der Waals surface area contributed by atoms with Crippen molar-refractivity contribution in [2.45, 2.75) is 23.0 Å². The first-order chi connectivity index (χ1) is 15.1. The van der Waals surface area contributed by atoms with E-state index in [0.717, 1.165) is 16.9 Å². The van der Waals surface area contributed by atoms with Crippen LogP contribution in [0.25, 0.3) is 5.69 Å². The molecular formula is C18H11Cl2N5O6S. The Kier molecular flexibility index (Phi) is 5.41. The third kappa shape index (κ3) is 3.93. The number of nitrogens with zero attached hydrogens (tertiary/aromatic N) is 4. The van der Waals surface area contributed by atoms with Crippen LogP contribution in [0.4, 0.5) is 0 Å². The number of nitrogens with one attached hydrogen (secondary N) is 1. The smallest absolute Gasteiger partial charge is 0.349 e. The van der Waals surface area contributed by atoms with E-state index in [-0.39, 0.29) is 32.3 Å². The summed E-state index contributed by atoms with van der Waals surface area (Å²) in [6.45, 7) is 0. The molecule has 1 aliphatic carbocycles. The summed E-state index contributed by atoms with van der Waals surface area (Å²) in [6.07, 6.45) is 1.95. The second-order valence-electron chi connectivity index (χ2n) is 6.71. The Bertz CT molecular complexity index is 1500. The molecule has 11 nitrogen and oxygen atoms in total. The highest BCUT2D eigenvalue weighted by Crippen LogP contribution is 2.41. The van der Waals surface area contributed by atoms with Gasteiger partial charge in [0, 0.05) is 6.07 Å². The topological polar surface area (TPSA) is 168 Å². The number of hydrogen-bond acceptors (Lipinski definition) is 9. The number of ether oxygens (including phenoxy) is 1. The van der Waals surface area contributed by atoms with Gasteiger partial charge in [0.25, 0.3) is 5.56 Å². The molecule has 0 saturated heterocycles. The summed E-state index contributed by atoms with van der Waals surface area (Å²) in [5.74, 6) is -0.804. The summed E-state index contributed by atoms with van der Waals surface area (Å²) in [7, 11) is -3.73. The number of H-pyrrole nitrogens is 1. The van der Waals surface area contributed by atoms with Gasteiger partial charge in [0.05, 0.1) is 27.2 Å². The van der Waals surface area contributed by atoms with Crippen LogP contribution in [0.2, 0.25) is 10.0 Å². The van der Waals surface area contributed by atoms with Crippen LogP contribution in [0.1, 0.15) is 18.5 Å². The fraction of sp³-hybridized carbons (Fsp3) is 0.167. The number of nitriles is 1. The fourth-order valence-electron chi connectivity index (χ4n) is 2.77. The van der Waals surface area contributed by atoms with Crippen LogP contribution in [0.15, 0.2) is 38.9 Å². The van der Waals surface area contributed by atoms with Crippen molar-refractivity contribution >= 4 is 33.0 Å². The third-order valence-corrected chi connectivity index (χ3v) is 7.31. The van der Waals surface area contributed by atoms with Crippen molar-refractivity contribution in [3.63, 3.8) is 0 Å². The maximum absolute atomic E-state index is 12.5. The minimum Gasteiger partial charge on any atom is -0.505 e. The summed E-state index contributed by atoms with van der Waals surface area (Å²) in [6, 6.07) is 5.09. The van der Waals surface area contributed by atoms with E-state index in [9.17, 15) is 23.1 Å². The molecule has 3 aromatic rings. The standard InChI is InChI=1S/C18H11Cl2N5O6S/c19-10-3-8(25-18(28)23-17(27)12(6-21)24-25)4-11(20)16(10)31-15-5-14(13(26)7-22-15)32(29,30)9-1-2-9/h3-5,7,9,26H,1-2H2,(H,23,27,28). The molecule has 2 N–H and O–H groups in total. The summed E-state index contributed by atoms with van der Waals surface area (Å²) in [5.41, 5.74) is -2.39. The number of halogens is 2. The highest BCUT2D eigenvalue weighted by Gasteiger charge is 2.38. The van der Waals surface area contributed by atoms with Crippen molar-refractivity contribution in [3.8, 4) is 29.1 Å². The van der Waals surface area contributed by atoms with E-state index >= 15 is 0 Å². The zero-order valence-electron chi connectivity index (χ0n) is 15.7. The average molecular weight is 496 g/mol. The fourth-order valence-corrected chi connectivity index (χ4v) is 5.05. The predicted molar refractivity (Wildman–Crippen MR) is 111 cm³/mol. The van der Waals surface area contributed by atoms with Gasteiger partial charge in [-0.3, -0.25) is 9.78 Å². The molecule has 0 radical (unpaired) electrons. The van der Waals surface area contributed by atoms with E-state index in [0.29, 0.717) is 12.8 Å². The highest BCUT2D eigenvalue weighted by atomic mass is 35.5. The van der Waals surface area contributed by atoms with Gasteiger partial charge in [0.1, 0.15) is 11.0 Å². The van der Waals surface area contributed by atoms with Gasteiger partial charge in [0.15, 0.2) is 21.3 Å². The molecule has 1 saturated carbocycles. The molecule has 0 aliphatic heterocycles. The zero-order chi connectivity index (χ0) is 23.2. The molecule has 2 aromatic heterocycles. The average Bonchev–Trinajstić information content (AvgIpc) is 3.58. The van der Waals surface area contributed by atoms with E-state index in [4.69, 9.17) is 33.2 Å². The van der Waals surface area contributed by atoms with Crippen LogP contribution in [-0.2, 0) is 9.84 Å². The number of hydrogen-bond donors (Lipinski definition) is 2. The lowest BCUT2D eigenvalue weighted by molar-refractivity contribution is 0.434. The van der Waals surface area contributed by atoms with Crippen molar-refractivity contribution in [1.82, 2.24) is 19.7 Å². The van der Waals surface area contributed by atoms with Gasteiger partial charge < -0.3 is 9.84 Å². The second kappa shape index (κ2) is 7.94. The van der Waals surface area contributed by atoms with Gasteiger partial charge in [0.2, 0.25) is 11.6 Å². The van der Waals surface area contributed by atoms with E-state index in [2.05, 4.69) is 10.1 Å². The quantitative estimate of drug-likeness (QED) is 0.536. The molecule has 1 aromatic carbocycles. The lowest BCUT2D eigenvalue weighted by atomic mass is 10.3. The maximum atomic E-state index is 12.5. The minimum atomic E-state index is -3.73. The molecule has 1 aliphatic rings. The van der Waals surface area contributed by atoms with Gasteiger partial charge in [-0.05, 0) is 25.0 Å². The van der Waals surface area contributed by atoms with Crippen LogP contribution in [0.3, 0.4) is 0 Å². The third-order valence-electron chi connectivity index (χ3n) is 4.46. The lowest BCUT2D eigenvalue weighted by Crippen LogP contribution is -2.33. The molecule has 164 valence electrons. The monoisotopic (exact) mass is 495 g/mol. The molecule has 32 heavy (non-hydrogen) atoms. The zero-order valence-corrected chi connectivity index (χ0v) is 18.1. The Hall–Kier alpha value is -3.40. The van der Waals surface area contributed by atoms with Crippen molar-refractivity contribution in [3.05, 3.63) is 61.0 Å². The number of benzene rings is 1. The molecule has 14 heteroatoms. The van der Waals surface area contributed by atoms with Gasteiger partial charge >= 0.3 is 5.69 Å². The van der Waals surface area contributed by atoms with Gasteiger partial charge in [-0.15, -0.1) is 5.10 Å². The van der Waals surface area contributed by atoms with Crippen LogP contribution >= 0.6 is 23.2 Å². The van der Waals surface area contributed by atoms with Crippen LogP contribution in [0.5, 0.6) is 17.4 Å². The largest absolute Gasteiger partial charge is 0.505 e. The summed E-state index contributed by atoms with van der Waals surface area (Å²) in [4.78, 5) is 29.0. The number of pyridine rings is 1. The number of aromatic amines is 1. The van der Waals surface area contributed by atoms with Crippen molar-refractivity contribution in [2.75, 3.05) is 0 Å².